The zero-order valence-electron chi connectivity index (χ0n) is 9.74. The third-order valence-corrected chi connectivity index (χ3v) is 3.24. The van der Waals surface area contributed by atoms with Gasteiger partial charge in [0.15, 0.2) is 6.29 Å². The van der Waals surface area contributed by atoms with Gasteiger partial charge in [0, 0.05) is 5.92 Å². The molecule has 7 nitrogen and oxygen atoms in total. The van der Waals surface area contributed by atoms with E-state index < -0.39 is 36.2 Å². The van der Waals surface area contributed by atoms with Crippen molar-refractivity contribution in [1.29, 1.82) is 0 Å². The van der Waals surface area contributed by atoms with Gasteiger partial charge in [-0.05, 0) is 0 Å². The summed E-state index contributed by atoms with van der Waals surface area (Å²) in [5, 5.41) is 18.6. The van der Waals surface area contributed by atoms with Crippen LogP contribution in [0.5, 0.6) is 0 Å². The monoisotopic (exact) mass is 258 g/mol. The summed E-state index contributed by atoms with van der Waals surface area (Å²) in [5.41, 5.74) is 0.116. The van der Waals surface area contributed by atoms with E-state index in [9.17, 15) is 14.7 Å². The summed E-state index contributed by atoms with van der Waals surface area (Å²) in [4.78, 5) is 22.4. The molecule has 2 rings (SSSR count). The summed E-state index contributed by atoms with van der Waals surface area (Å²) in [5.74, 6) is -2.96. The van der Waals surface area contributed by atoms with Gasteiger partial charge >= 0.3 is 11.9 Å². The van der Waals surface area contributed by atoms with Crippen LogP contribution >= 0.6 is 0 Å². The van der Waals surface area contributed by atoms with Crippen molar-refractivity contribution in [3.63, 3.8) is 0 Å². The highest BCUT2D eigenvalue weighted by molar-refractivity contribution is 5.89. The Labute approximate surface area is 103 Å². The molecule has 1 saturated heterocycles. The maximum absolute atomic E-state index is 11.6. The van der Waals surface area contributed by atoms with Gasteiger partial charge in [-0.15, -0.1) is 0 Å². The van der Waals surface area contributed by atoms with Gasteiger partial charge in [0.05, 0.1) is 37.9 Å². The van der Waals surface area contributed by atoms with Crippen LogP contribution in [-0.2, 0) is 23.8 Å². The highest BCUT2D eigenvalue weighted by Crippen LogP contribution is 2.39. The molecule has 18 heavy (non-hydrogen) atoms. The van der Waals surface area contributed by atoms with Gasteiger partial charge in [0.1, 0.15) is 6.10 Å². The first-order chi connectivity index (χ1) is 8.54. The number of carbonyl (C=O) groups excluding carboxylic acids is 1. The molecule has 0 aliphatic carbocycles. The molecule has 0 spiro atoms. The van der Waals surface area contributed by atoms with Crippen molar-refractivity contribution in [1.82, 2.24) is 0 Å². The van der Waals surface area contributed by atoms with Crippen LogP contribution in [0, 0.1) is 11.8 Å². The van der Waals surface area contributed by atoms with E-state index in [1.54, 1.807) is 0 Å². The fourth-order valence-electron chi connectivity index (χ4n) is 2.39. The first kappa shape index (κ1) is 12.8. The Morgan fingerprint density at radius 3 is 2.89 bits per heavy atom. The fourth-order valence-corrected chi connectivity index (χ4v) is 2.39. The summed E-state index contributed by atoms with van der Waals surface area (Å²) in [7, 11) is 1.20. The molecule has 1 fully saturated rings. The van der Waals surface area contributed by atoms with Gasteiger partial charge in [-0.3, -0.25) is 4.79 Å². The van der Waals surface area contributed by atoms with E-state index in [0.717, 1.165) is 0 Å². The highest BCUT2D eigenvalue weighted by atomic mass is 16.6. The van der Waals surface area contributed by atoms with Gasteiger partial charge in [-0.2, -0.15) is 0 Å². The zero-order valence-corrected chi connectivity index (χ0v) is 9.74. The number of methoxy groups -OCH3 is 1. The summed E-state index contributed by atoms with van der Waals surface area (Å²) < 4.78 is 14.9. The third kappa shape index (κ3) is 2.19. The number of hydrogen-bond acceptors (Lipinski definition) is 6. The molecule has 2 aliphatic heterocycles. The fraction of sp³-hybridized carbons (Fsp3) is 0.636. The summed E-state index contributed by atoms with van der Waals surface area (Å²) in [6.45, 7) is 0.174. The van der Waals surface area contributed by atoms with Crippen LogP contribution in [0.3, 0.4) is 0 Å². The standard InChI is InChI=1S/C11H14O7/c1-16-10(14)6-3-17-7-4-18-11(15)9(7)5(6)2-8(12)13/h3,5,7,9,11,15H,2,4H2,1H3,(H,12,13). The molecule has 2 heterocycles. The largest absolute Gasteiger partial charge is 0.495 e. The maximum Gasteiger partial charge on any atom is 0.337 e. The number of rotatable bonds is 3. The summed E-state index contributed by atoms with van der Waals surface area (Å²) in [6.07, 6.45) is -0.640. The molecule has 4 atom stereocenters. The lowest BCUT2D eigenvalue weighted by molar-refractivity contribution is -0.143. The van der Waals surface area contributed by atoms with E-state index in [1.165, 1.54) is 13.4 Å². The lowest BCUT2D eigenvalue weighted by Gasteiger charge is -2.32. The third-order valence-electron chi connectivity index (χ3n) is 3.24. The quantitative estimate of drug-likeness (QED) is 0.658. The van der Waals surface area contributed by atoms with Crippen molar-refractivity contribution in [2.45, 2.75) is 18.8 Å². The smallest absolute Gasteiger partial charge is 0.337 e. The molecular formula is C11H14O7. The van der Waals surface area contributed by atoms with E-state index >= 15 is 0 Å². The van der Waals surface area contributed by atoms with Crippen LogP contribution in [0.2, 0.25) is 0 Å². The number of aliphatic carboxylic acids is 1. The Bertz CT molecular complexity index is 389. The predicted octanol–water partition coefficient (Wildman–Crippen LogP) is -0.502. The van der Waals surface area contributed by atoms with Crippen molar-refractivity contribution < 1.29 is 34.0 Å². The van der Waals surface area contributed by atoms with E-state index in [4.69, 9.17) is 14.6 Å². The second kappa shape index (κ2) is 4.95. The van der Waals surface area contributed by atoms with Crippen LogP contribution < -0.4 is 0 Å². The first-order valence-electron chi connectivity index (χ1n) is 5.50. The lowest BCUT2D eigenvalue weighted by Crippen LogP contribution is -2.39. The van der Waals surface area contributed by atoms with E-state index in [2.05, 4.69) is 4.74 Å². The number of esters is 1. The van der Waals surface area contributed by atoms with Crippen molar-refractivity contribution in [2.75, 3.05) is 13.7 Å². The Morgan fingerprint density at radius 2 is 2.28 bits per heavy atom. The number of aliphatic hydroxyl groups excluding tert-OH is 1. The Hall–Kier alpha value is -1.60. The average molecular weight is 258 g/mol. The molecule has 2 N–H and O–H groups in total. The Kier molecular flexibility index (Phi) is 3.53. The second-order valence-electron chi connectivity index (χ2n) is 4.24. The number of carbonyl (C=O) groups is 2. The normalized spacial score (nSPS) is 34.2. The van der Waals surface area contributed by atoms with Gasteiger partial charge < -0.3 is 24.4 Å². The van der Waals surface area contributed by atoms with Crippen LogP contribution in [0.25, 0.3) is 0 Å². The molecule has 0 aromatic rings. The molecule has 4 unspecified atom stereocenters. The maximum atomic E-state index is 11.6. The lowest BCUT2D eigenvalue weighted by atomic mass is 9.79. The van der Waals surface area contributed by atoms with E-state index in [-0.39, 0.29) is 18.6 Å². The van der Waals surface area contributed by atoms with Crippen LogP contribution in [0.1, 0.15) is 6.42 Å². The second-order valence-corrected chi connectivity index (χ2v) is 4.24. The van der Waals surface area contributed by atoms with Crippen LogP contribution in [0.4, 0.5) is 0 Å². The summed E-state index contributed by atoms with van der Waals surface area (Å²) >= 11 is 0. The summed E-state index contributed by atoms with van der Waals surface area (Å²) in [6, 6.07) is 0. The number of fused-ring (bicyclic) bond motifs is 1. The van der Waals surface area contributed by atoms with Crippen molar-refractivity contribution in [3.05, 3.63) is 11.8 Å². The Morgan fingerprint density at radius 1 is 1.56 bits per heavy atom. The van der Waals surface area contributed by atoms with Crippen LogP contribution in [0.15, 0.2) is 11.8 Å². The van der Waals surface area contributed by atoms with Crippen molar-refractivity contribution in [3.8, 4) is 0 Å². The minimum Gasteiger partial charge on any atom is -0.495 e. The van der Waals surface area contributed by atoms with E-state index in [0.29, 0.717) is 0 Å². The molecule has 7 heteroatoms. The first-order valence-corrected chi connectivity index (χ1v) is 5.50. The number of hydrogen-bond donors (Lipinski definition) is 2. The van der Waals surface area contributed by atoms with Crippen LogP contribution in [-0.4, -0.2) is 48.3 Å². The minimum absolute atomic E-state index is 0.116. The minimum atomic E-state index is -1.13. The Balaban J connectivity index is 2.28. The van der Waals surface area contributed by atoms with Gasteiger partial charge in [-0.25, -0.2) is 4.79 Å². The van der Waals surface area contributed by atoms with Crippen molar-refractivity contribution in [2.24, 2.45) is 11.8 Å². The highest BCUT2D eigenvalue weighted by Gasteiger charge is 2.48. The molecule has 0 radical (unpaired) electrons. The zero-order chi connectivity index (χ0) is 13.3. The number of carboxylic acid groups (broad SMARTS) is 1. The topological polar surface area (TPSA) is 102 Å². The van der Waals surface area contributed by atoms with Gasteiger partial charge in [0.2, 0.25) is 0 Å². The molecule has 0 saturated carbocycles. The van der Waals surface area contributed by atoms with Gasteiger partial charge in [-0.1, -0.05) is 0 Å². The average Bonchev–Trinajstić information content (AvgIpc) is 2.70. The predicted molar refractivity (Wildman–Crippen MR) is 56.2 cm³/mol. The van der Waals surface area contributed by atoms with Crippen molar-refractivity contribution >= 4 is 11.9 Å². The number of aliphatic hydroxyl groups is 1. The van der Waals surface area contributed by atoms with Gasteiger partial charge in [0.25, 0.3) is 0 Å². The molecule has 0 aromatic carbocycles. The molecular weight excluding hydrogens is 244 g/mol. The molecule has 0 aromatic heterocycles. The van der Waals surface area contributed by atoms with E-state index in [1.807, 2.05) is 0 Å². The molecule has 0 bridgehead atoms. The molecule has 100 valence electrons. The number of carboxylic acids is 1. The molecule has 0 amide bonds. The molecule has 2 aliphatic rings. The SMILES string of the molecule is COC(=O)C1=COC2COC(O)C2C1CC(=O)O. The number of ether oxygens (including phenoxy) is 3.